The van der Waals surface area contributed by atoms with E-state index < -0.39 is 0 Å². The van der Waals surface area contributed by atoms with E-state index in [1.54, 1.807) is 0 Å². The Bertz CT molecular complexity index is 882. The summed E-state index contributed by atoms with van der Waals surface area (Å²) in [6.07, 6.45) is 1.82. The van der Waals surface area contributed by atoms with Crippen LogP contribution < -0.4 is 0 Å². The highest BCUT2D eigenvalue weighted by Crippen LogP contribution is 2.30. The molecule has 1 aromatic carbocycles. The molecule has 102 valence electrons. The first-order chi connectivity index (χ1) is 9.47. The van der Waals surface area contributed by atoms with Crippen molar-refractivity contribution in [1.29, 1.82) is 0 Å². The zero-order valence-corrected chi connectivity index (χ0v) is 14.0. The maximum Gasteiger partial charge on any atom is 0.184 e. The van der Waals surface area contributed by atoms with E-state index in [1.165, 1.54) is 0 Å². The number of pyridine rings is 1. The van der Waals surface area contributed by atoms with E-state index in [1.807, 2.05) is 42.8 Å². The third-order valence-electron chi connectivity index (χ3n) is 3.13. The van der Waals surface area contributed by atoms with Gasteiger partial charge in [0.25, 0.3) is 0 Å². The summed E-state index contributed by atoms with van der Waals surface area (Å²) in [5.41, 5.74) is 4.69. The number of aryl methyl sites for hydroxylation is 2. The Kier molecular flexibility index (Phi) is 3.44. The van der Waals surface area contributed by atoms with Crippen molar-refractivity contribution in [1.82, 2.24) is 14.5 Å². The van der Waals surface area contributed by atoms with E-state index in [2.05, 4.69) is 25.9 Å². The summed E-state index contributed by atoms with van der Waals surface area (Å²) in [5.74, 6) is 0. The van der Waals surface area contributed by atoms with Gasteiger partial charge in [-0.2, -0.15) is 0 Å². The fourth-order valence-electron chi connectivity index (χ4n) is 2.13. The Labute approximate surface area is 134 Å². The fraction of sp³-hybridized carbons (Fsp3) is 0.143. The van der Waals surface area contributed by atoms with Gasteiger partial charge in [0.05, 0.1) is 11.2 Å². The van der Waals surface area contributed by atoms with Gasteiger partial charge in [0.1, 0.15) is 0 Å². The molecule has 6 heteroatoms. The molecule has 0 bridgehead atoms. The van der Waals surface area contributed by atoms with Crippen molar-refractivity contribution >= 4 is 50.9 Å². The number of imidazole rings is 1. The van der Waals surface area contributed by atoms with Gasteiger partial charge in [-0.05, 0) is 71.3 Å². The summed E-state index contributed by atoms with van der Waals surface area (Å²) in [4.78, 5) is 7.65. The molecule has 0 aliphatic rings. The molecule has 0 unspecified atom stereocenters. The van der Waals surface area contributed by atoms with Crippen molar-refractivity contribution in [2.75, 3.05) is 0 Å². The number of nitrogens with zero attached hydrogens (tertiary/aromatic N) is 2. The average molecular weight is 369 g/mol. The number of nitrogens with one attached hydrogen (secondary N) is 1. The molecule has 2 aromatic heterocycles. The van der Waals surface area contributed by atoms with Crippen LogP contribution in [0.4, 0.5) is 0 Å². The fourth-order valence-corrected chi connectivity index (χ4v) is 3.22. The van der Waals surface area contributed by atoms with Crippen molar-refractivity contribution in [3.05, 3.63) is 49.8 Å². The molecular formula is C14H11BrClN3S. The van der Waals surface area contributed by atoms with Gasteiger partial charge in [-0.3, -0.25) is 4.57 Å². The van der Waals surface area contributed by atoms with Gasteiger partial charge >= 0.3 is 0 Å². The molecule has 0 spiro atoms. The number of rotatable bonds is 1. The van der Waals surface area contributed by atoms with Gasteiger partial charge in [-0.1, -0.05) is 11.6 Å². The maximum absolute atomic E-state index is 6.23. The number of H-pyrrole nitrogens is 1. The van der Waals surface area contributed by atoms with Gasteiger partial charge in [0.15, 0.2) is 10.4 Å². The summed E-state index contributed by atoms with van der Waals surface area (Å²) in [6.45, 7) is 3.96. The Morgan fingerprint density at radius 2 is 2.05 bits per heavy atom. The van der Waals surface area contributed by atoms with Crippen LogP contribution in [0.15, 0.2) is 28.9 Å². The number of hydrogen-bond donors (Lipinski definition) is 1. The van der Waals surface area contributed by atoms with Gasteiger partial charge in [0.2, 0.25) is 0 Å². The molecule has 0 aliphatic carbocycles. The van der Waals surface area contributed by atoms with Crippen LogP contribution in [-0.4, -0.2) is 14.5 Å². The summed E-state index contributed by atoms with van der Waals surface area (Å²) in [7, 11) is 0. The first kappa shape index (κ1) is 13.8. The number of hydrogen-bond acceptors (Lipinski definition) is 2. The summed E-state index contributed by atoms with van der Waals surface area (Å²) in [5, 5.41) is 0.701. The van der Waals surface area contributed by atoms with E-state index in [0.717, 1.165) is 32.5 Å². The lowest BCUT2D eigenvalue weighted by Crippen LogP contribution is -1.98. The van der Waals surface area contributed by atoms with Gasteiger partial charge in [0, 0.05) is 15.7 Å². The van der Waals surface area contributed by atoms with Gasteiger partial charge in [-0.15, -0.1) is 0 Å². The number of halogens is 2. The topological polar surface area (TPSA) is 33.6 Å². The quantitative estimate of drug-likeness (QED) is 0.605. The predicted molar refractivity (Wildman–Crippen MR) is 88.4 cm³/mol. The molecule has 0 fully saturated rings. The molecule has 0 amide bonds. The molecule has 0 atom stereocenters. The van der Waals surface area contributed by atoms with Gasteiger partial charge < -0.3 is 4.98 Å². The lowest BCUT2D eigenvalue weighted by atomic mass is 10.2. The standard InChI is InChI=1S/C14H11BrClN3S/c1-7-3-11-13(17-6-7)19(14(20)18-11)12-5-10(16)8(2)4-9(12)15/h3-6H,1-2H3,(H,18,20). The number of fused-ring (bicyclic) bond motifs is 1. The number of aromatic amines is 1. The third kappa shape index (κ3) is 2.20. The number of aromatic nitrogens is 3. The maximum atomic E-state index is 6.23. The van der Waals surface area contributed by atoms with Crippen molar-refractivity contribution in [2.45, 2.75) is 13.8 Å². The first-order valence-electron chi connectivity index (χ1n) is 6.01. The lowest BCUT2D eigenvalue weighted by Gasteiger charge is -2.09. The molecule has 1 N–H and O–H groups in total. The van der Waals surface area contributed by atoms with Crippen LogP contribution in [0, 0.1) is 18.6 Å². The highest BCUT2D eigenvalue weighted by atomic mass is 79.9. The van der Waals surface area contributed by atoms with Gasteiger partial charge in [-0.25, -0.2) is 4.98 Å². The second-order valence-electron chi connectivity index (χ2n) is 4.70. The van der Waals surface area contributed by atoms with E-state index in [-0.39, 0.29) is 0 Å². The van der Waals surface area contributed by atoms with Crippen LogP contribution in [-0.2, 0) is 0 Å². The van der Waals surface area contributed by atoms with Crippen molar-refractivity contribution < 1.29 is 0 Å². The monoisotopic (exact) mass is 367 g/mol. The molecule has 20 heavy (non-hydrogen) atoms. The van der Waals surface area contributed by atoms with E-state index >= 15 is 0 Å². The second kappa shape index (κ2) is 4.98. The van der Waals surface area contributed by atoms with Crippen LogP contribution >= 0.6 is 39.7 Å². The van der Waals surface area contributed by atoms with E-state index in [9.17, 15) is 0 Å². The Hall–Kier alpha value is -1.17. The highest BCUT2D eigenvalue weighted by molar-refractivity contribution is 9.10. The summed E-state index contributed by atoms with van der Waals surface area (Å²) < 4.78 is 3.41. The molecule has 0 radical (unpaired) electrons. The predicted octanol–water partition coefficient (Wildman–Crippen LogP) is 5.12. The summed E-state index contributed by atoms with van der Waals surface area (Å²) >= 11 is 15.2. The minimum atomic E-state index is 0.596. The molecule has 3 aromatic rings. The molecule has 2 heterocycles. The molecule has 3 rings (SSSR count). The summed E-state index contributed by atoms with van der Waals surface area (Å²) in [6, 6.07) is 5.90. The van der Waals surface area contributed by atoms with Crippen molar-refractivity contribution in [3.8, 4) is 5.69 Å². The Morgan fingerprint density at radius 1 is 1.30 bits per heavy atom. The van der Waals surface area contributed by atoms with Crippen molar-refractivity contribution in [2.24, 2.45) is 0 Å². The second-order valence-corrected chi connectivity index (χ2v) is 6.35. The van der Waals surface area contributed by atoms with Crippen LogP contribution in [0.1, 0.15) is 11.1 Å². The minimum absolute atomic E-state index is 0.596. The molecule has 3 nitrogen and oxygen atoms in total. The number of benzene rings is 1. The molecular weight excluding hydrogens is 358 g/mol. The average Bonchev–Trinajstić information content (AvgIpc) is 2.69. The highest BCUT2D eigenvalue weighted by Gasteiger charge is 2.12. The third-order valence-corrected chi connectivity index (χ3v) is 4.46. The Morgan fingerprint density at radius 3 is 2.80 bits per heavy atom. The zero-order valence-electron chi connectivity index (χ0n) is 10.9. The minimum Gasteiger partial charge on any atom is -0.329 e. The smallest absolute Gasteiger partial charge is 0.184 e. The van der Waals surface area contributed by atoms with Crippen LogP contribution in [0.25, 0.3) is 16.9 Å². The van der Waals surface area contributed by atoms with Crippen molar-refractivity contribution in [3.63, 3.8) is 0 Å². The van der Waals surface area contributed by atoms with Crippen LogP contribution in [0.5, 0.6) is 0 Å². The molecule has 0 saturated carbocycles. The molecule has 0 saturated heterocycles. The largest absolute Gasteiger partial charge is 0.329 e. The first-order valence-corrected chi connectivity index (χ1v) is 7.58. The van der Waals surface area contributed by atoms with Crippen LogP contribution in [0.3, 0.4) is 0 Å². The zero-order chi connectivity index (χ0) is 14.4. The normalized spacial score (nSPS) is 11.2. The van der Waals surface area contributed by atoms with E-state index in [4.69, 9.17) is 23.8 Å². The van der Waals surface area contributed by atoms with E-state index in [0.29, 0.717) is 9.79 Å². The SMILES string of the molecule is Cc1cnc2c(c1)[nH]c(=S)n2-c1cc(Cl)c(C)cc1Br. The lowest BCUT2D eigenvalue weighted by molar-refractivity contribution is 1.03. The van der Waals surface area contributed by atoms with Crippen LogP contribution in [0.2, 0.25) is 5.02 Å². The molecule has 0 aliphatic heterocycles. The Balaban J connectivity index is 2.38.